The van der Waals surface area contributed by atoms with Crippen LogP contribution in [-0.4, -0.2) is 18.1 Å². The van der Waals surface area contributed by atoms with Crippen molar-refractivity contribution < 1.29 is 0 Å². The lowest BCUT2D eigenvalue weighted by Crippen LogP contribution is -2.31. The minimum Gasteiger partial charge on any atom is -0.366 e. The Labute approximate surface area is 63.0 Å². The third kappa shape index (κ3) is 4.15. The lowest BCUT2D eigenvalue weighted by Gasteiger charge is -2.17. The van der Waals surface area contributed by atoms with E-state index in [4.69, 9.17) is 5.73 Å². The van der Waals surface area contributed by atoms with Crippen molar-refractivity contribution in [2.75, 3.05) is 7.05 Å². The van der Waals surface area contributed by atoms with Crippen molar-refractivity contribution in [2.45, 2.75) is 20.0 Å². The molecule has 0 saturated heterocycles. The predicted octanol–water partition coefficient (Wildman–Crippen LogP) is 1.31. The Morgan fingerprint density at radius 1 is 1.70 bits per heavy atom. The molecule has 0 saturated carbocycles. The van der Waals surface area contributed by atoms with Gasteiger partial charge < -0.3 is 10.6 Å². The molecule has 0 aromatic rings. The van der Waals surface area contributed by atoms with Crippen molar-refractivity contribution in [1.29, 1.82) is 0 Å². The molecule has 0 spiro atoms. The molecule has 0 aromatic heterocycles. The normalized spacial score (nSPS) is 13.6. The molecular weight excluding hydrogens is 124 g/mol. The first kappa shape index (κ1) is 9.24. The Kier molecular flexibility index (Phi) is 3.81. The van der Waals surface area contributed by atoms with Crippen molar-refractivity contribution in [1.82, 2.24) is 4.90 Å². The summed E-state index contributed by atoms with van der Waals surface area (Å²) in [4.78, 5) is 1.93. The number of allylic oxidation sites excluding steroid dienone is 2. The molecule has 0 amide bonds. The molecule has 0 aliphatic rings. The number of nitrogens with two attached hydrogens (primary N) is 1. The third-order valence-electron chi connectivity index (χ3n) is 1.24. The first-order chi connectivity index (χ1) is 4.54. The second kappa shape index (κ2) is 4.12. The zero-order chi connectivity index (χ0) is 8.15. The van der Waals surface area contributed by atoms with E-state index in [1.807, 2.05) is 38.1 Å². The average Bonchev–Trinajstić information content (AvgIpc) is 1.82. The van der Waals surface area contributed by atoms with Crippen LogP contribution in [0.15, 0.2) is 24.4 Å². The van der Waals surface area contributed by atoms with Crippen molar-refractivity contribution in [3.05, 3.63) is 24.4 Å². The van der Waals surface area contributed by atoms with Crippen LogP contribution >= 0.6 is 0 Å². The molecular formula is C8H16N2. The second-order valence-electron chi connectivity index (χ2n) is 2.57. The number of hydrogen-bond donors (Lipinski definition) is 1. The Bertz CT molecular complexity index is 136. The van der Waals surface area contributed by atoms with Gasteiger partial charge in [0.15, 0.2) is 0 Å². The van der Waals surface area contributed by atoms with Crippen LogP contribution < -0.4 is 5.73 Å². The molecule has 58 valence electrons. The van der Waals surface area contributed by atoms with Gasteiger partial charge in [0.1, 0.15) is 0 Å². The first-order valence-corrected chi connectivity index (χ1v) is 3.35. The standard InChI is InChI=1S/C8H16N2/c1-7(2)5-6-10(4)8(3)9/h5-6,8H,1,9H2,2-4H3/b6-5-. The number of rotatable bonds is 3. The molecule has 0 radical (unpaired) electrons. The highest BCUT2D eigenvalue weighted by atomic mass is 15.2. The minimum absolute atomic E-state index is 0.0654. The molecule has 0 bridgehead atoms. The largest absolute Gasteiger partial charge is 0.366 e. The maximum Gasteiger partial charge on any atom is 0.0733 e. The molecule has 0 aromatic carbocycles. The smallest absolute Gasteiger partial charge is 0.0733 e. The summed E-state index contributed by atoms with van der Waals surface area (Å²) in [5.41, 5.74) is 6.60. The molecule has 1 atom stereocenters. The van der Waals surface area contributed by atoms with Gasteiger partial charge >= 0.3 is 0 Å². The molecule has 0 rings (SSSR count). The van der Waals surface area contributed by atoms with Gasteiger partial charge in [-0.25, -0.2) is 0 Å². The van der Waals surface area contributed by atoms with E-state index in [0.717, 1.165) is 5.57 Å². The summed E-state index contributed by atoms with van der Waals surface area (Å²) < 4.78 is 0. The second-order valence-corrected chi connectivity index (χ2v) is 2.57. The summed E-state index contributed by atoms with van der Waals surface area (Å²) in [6, 6.07) is 0. The average molecular weight is 140 g/mol. The molecule has 0 aliphatic carbocycles. The van der Waals surface area contributed by atoms with E-state index in [1.54, 1.807) is 0 Å². The molecule has 0 heterocycles. The van der Waals surface area contributed by atoms with Gasteiger partial charge in [-0.3, -0.25) is 0 Å². The molecule has 10 heavy (non-hydrogen) atoms. The molecule has 0 fully saturated rings. The van der Waals surface area contributed by atoms with E-state index in [9.17, 15) is 0 Å². The lowest BCUT2D eigenvalue weighted by atomic mass is 10.3. The highest BCUT2D eigenvalue weighted by molar-refractivity contribution is 5.10. The summed E-state index contributed by atoms with van der Waals surface area (Å²) in [5.74, 6) is 0. The van der Waals surface area contributed by atoms with Crippen LogP contribution in [0.25, 0.3) is 0 Å². The van der Waals surface area contributed by atoms with Crippen LogP contribution in [-0.2, 0) is 0 Å². The van der Waals surface area contributed by atoms with E-state index in [1.165, 1.54) is 0 Å². The Hall–Kier alpha value is -0.760. The van der Waals surface area contributed by atoms with Gasteiger partial charge in [0.05, 0.1) is 6.17 Å². The summed E-state index contributed by atoms with van der Waals surface area (Å²) in [7, 11) is 1.93. The molecule has 2 nitrogen and oxygen atoms in total. The lowest BCUT2D eigenvalue weighted by molar-refractivity contribution is 0.361. The van der Waals surface area contributed by atoms with Crippen LogP contribution in [0.1, 0.15) is 13.8 Å². The zero-order valence-corrected chi connectivity index (χ0v) is 6.96. The van der Waals surface area contributed by atoms with Crippen molar-refractivity contribution >= 4 is 0 Å². The molecule has 2 N–H and O–H groups in total. The van der Waals surface area contributed by atoms with Crippen LogP contribution in [0.3, 0.4) is 0 Å². The quantitative estimate of drug-likeness (QED) is 0.473. The molecule has 1 unspecified atom stereocenters. The Balaban J connectivity index is 3.77. The van der Waals surface area contributed by atoms with Crippen molar-refractivity contribution in [2.24, 2.45) is 5.73 Å². The maximum absolute atomic E-state index is 5.57. The van der Waals surface area contributed by atoms with Crippen molar-refractivity contribution in [3.8, 4) is 0 Å². The van der Waals surface area contributed by atoms with Crippen molar-refractivity contribution in [3.63, 3.8) is 0 Å². The van der Waals surface area contributed by atoms with E-state index in [2.05, 4.69) is 6.58 Å². The van der Waals surface area contributed by atoms with Crippen LogP contribution in [0.2, 0.25) is 0 Å². The van der Waals surface area contributed by atoms with E-state index >= 15 is 0 Å². The van der Waals surface area contributed by atoms with E-state index in [-0.39, 0.29) is 6.17 Å². The number of nitrogens with zero attached hydrogens (tertiary/aromatic N) is 1. The highest BCUT2D eigenvalue weighted by Crippen LogP contribution is 1.93. The van der Waals surface area contributed by atoms with Gasteiger partial charge in [0.25, 0.3) is 0 Å². The molecule has 0 aliphatic heterocycles. The fraction of sp³-hybridized carbons (Fsp3) is 0.500. The summed E-state index contributed by atoms with van der Waals surface area (Å²) in [5, 5.41) is 0. The first-order valence-electron chi connectivity index (χ1n) is 3.35. The summed E-state index contributed by atoms with van der Waals surface area (Å²) in [6.45, 7) is 7.62. The monoisotopic (exact) mass is 140 g/mol. The fourth-order valence-corrected chi connectivity index (χ4v) is 0.381. The topological polar surface area (TPSA) is 29.3 Å². The van der Waals surface area contributed by atoms with Crippen LogP contribution in [0.4, 0.5) is 0 Å². The van der Waals surface area contributed by atoms with E-state index < -0.39 is 0 Å². The highest BCUT2D eigenvalue weighted by Gasteiger charge is 1.93. The Morgan fingerprint density at radius 2 is 2.20 bits per heavy atom. The zero-order valence-electron chi connectivity index (χ0n) is 6.96. The van der Waals surface area contributed by atoms with Gasteiger partial charge in [0.2, 0.25) is 0 Å². The Morgan fingerprint density at radius 3 is 2.50 bits per heavy atom. The van der Waals surface area contributed by atoms with E-state index in [0.29, 0.717) is 0 Å². The minimum atomic E-state index is 0.0654. The third-order valence-corrected chi connectivity index (χ3v) is 1.24. The number of hydrogen-bond acceptors (Lipinski definition) is 2. The SMILES string of the molecule is C=C(C)/C=C\N(C)C(C)N. The fourth-order valence-electron chi connectivity index (χ4n) is 0.381. The maximum atomic E-state index is 5.57. The van der Waals surface area contributed by atoms with Gasteiger partial charge in [-0.15, -0.1) is 0 Å². The van der Waals surface area contributed by atoms with Gasteiger partial charge in [-0.05, 0) is 19.9 Å². The van der Waals surface area contributed by atoms with Gasteiger partial charge in [-0.2, -0.15) is 0 Å². The summed E-state index contributed by atoms with van der Waals surface area (Å²) >= 11 is 0. The summed E-state index contributed by atoms with van der Waals surface area (Å²) in [6.07, 6.45) is 3.92. The predicted molar refractivity (Wildman–Crippen MR) is 45.4 cm³/mol. The van der Waals surface area contributed by atoms with Gasteiger partial charge in [0, 0.05) is 13.2 Å². The van der Waals surface area contributed by atoms with Gasteiger partial charge in [-0.1, -0.05) is 12.2 Å². The molecule has 2 heteroatoms. The van der Waals surface area contributed by atoms with Crippen LogP contribution in [0, 0.1) is 0 Å². The van der Waals surface area contributed by atoms with Crippen LogP contribution in [0.5, 0.6) is 0 Å².